The summed E-state index contributed by atoms with van der Waals surface area (Å²) in [6, 6.07) is 9.58. The van der Waals surface area contributed by atoms with Gasteiger partial charge in [-0.3, -0.25) is 4.79 Å². The summed E-state index contributed by atoms with van der Waals surface area (Å²) in [5, 5.41) is 17.0. The summed E-state index contributed by atoms with van der Waals surface area (Å²) in [5.41, 5.74) is 2.62. The molecular formula is C15H21N5O. The molecule has 6 nitrogen and oxygen atoms in total. The molecule has 6 heteroatoms. The molecule has 0 radical (unpaired) electrons. The van der Waals surface area contributed by atoms with E-state index in [1.165, 1.54) is 0 Å². The second kappa shape index (κ2) is 7.54. The van der Waals surface area contributed by atoms with Crippen molar-refractivity contribution in [1.29, 1.82) is 0 Å². The molecule has 2 rings (SSSR count). The van der Waals surface area contributed by atoms with Crippen LogP contribution in [0.3, 0.4) is 0 Å². The molecule has 1 heterocycles. The van der Waals surface area contributed by atoms with Crippen molar-refractivity contribution in [2.24, 2.45) is 0 Å². The highest BCUT2D eigenvalue weighted by atomic mass is 16.2. The maximum absolute atomic E-state index is 11.8. The van der Waals surface area contributed by atoms with E-state index < -0.39 is 0 Å². The molecule has 2 aromatic rings. The van der Waals surface area contributed by atoms with E-state index in [0.717, 1.165) is 23.4 Å². The Morgan fingerprint density at radius 3 is 2.76 bits per heavy atom. The van der Waals surface area contributed by atoms with Crippen LogP contribution in [0.25, 0.3) is 11.3 Å². The number of rotatable bonds is 7. The molecule has 21 heavy (non-hydrogen) atoms. The van der Waals surface area contributed by atoms with Crippen molar-refractivity contribution in [3.63, 3.8) is 0 Å². The minimum atomic E-state index is -0.267. The van der Waals surface area contributed by atoms with Gasteiger partial charge in [-0.1, -0.05) is 37.3 Å². The van der Waals surface area contributed by atoms with Crippen molar-refractivity contribution in [2.45, 2.75) is 32.9 Å². The van der Waals surface area contributed by atoms with Crippen molar-refractivity contribution in [1.82, 2.24) is 26.0 Å². The number of amides is 1. The monoisotopic (exact) mass is 287 g/mol. The average Bonchev–Trinajstić information content (AvgIpc) is 2.99. The van der Waals surface area contributed by atoms with E-state index in [-0.39, 0.29) is 11.9 Å². The number of carbonyl (C=O) groups excluding carboxylic acids is 1. The normalized spacial score (nSPS) is 12.1. The Balaban J connectivity index is 1.96. The molecule has 0 saturated carbocycles. The maximum atomic E-state index is 11.8. The molecule has 1 aromatic heterocycles. The van der Waals surface area contributed by atoms with Gasteiger partial charge in [-0.25, -0.2) is 0 Å². The number of carbonyl (C=O) groups is 1. The van der Waals surface area contributed by atoms with E-state index in [4.69, 9.17) is 0 Å². The molecule has 1 unspecified atom stereocenters. The molecule has 1 amide bonds. The minimum absolute atomic E-state index is 0.00149. The van der Waals surface area contributed by atoms with Crippen LogP contribution in [0.4, 0.5) is 0 Å². The summed E-state index contributed by atoms with van der Waals surface area (Å²) in [5.74, 6) is 0.00149. The third kappa shape index (κ3) is 4.13. The van der Waals surface area contributed by atoms with Gasteiger partial charge in [0.2, 0.25) is 5.91 Å². The quantitative estimate of drug-likeness (QED) is 0.720. The Bertz CT molecular complexity index is 566. The zero-order valence-electron chi connectivity index (χ0n) is 12.4. The van der Waals surface area contributed by atoms with E-state index >= 15 is 0 Å². The van der Waals surface area contributed by atoms with Gasteiger partial charge in [-0.2, -0.15) is 15.4 Å². The molecular weight excluding hydrogens is 266 g/mol. The lowest BCUT2D eigenvalue weighted by molar-refractivity contribution is -0.122. The third-order valence-electron chi connectivity index (χ3n) is 3.19. The smallest absolute Gasteiger partial charge is 0.236 e. The molecule has 0 aliphatic carbocycles. The average molecular weight is 287 g/mol. The Morgan fingerprint density at radius 2 is 2.05 bits per heavy atom. The fraction of sp³-hybridized carbons (Fsp3) is 0.400. The van der Waals surface area contributed by atoms with E-state index in [1.807, 2.05) is 44.2 Å². The van der Waals surface area contributed by atoms with Crippen LogP contribution in [0, 0.1) is 0 Å². The molecule has 0 saturated heterocycles. The second-order valence-corrected chi connectivity index (χ2v) is 4.88. The highest BCUT2D eigenvalue weighted by molar-refractivity contribution is 5.81. The minimum Gasteiger partial charge on any atom is -0.355 e. The molecule has 3 N–H and O–H groups in total. The fourth-order valence-electron chi connectivity index (χ4n) is 1.95. The Labute approximate surface area is 124 Å². The van der Waals surface area contributed by atoms with E-state index in [1.54, 1.807) is 0 Å². The lowest BCUT2D eigenvalue weighted by Gasteiger charge is -2.13. The SMILES string of the molecule is CCCNC(=O)C(C)NCc1n[nH]nc1-c1ccccc1. The van der Waals surface area contributed by atoms with Crippen LogP contribution < -0.4 is 10.6 Å². The summed E-state index contributed by atoms with van der Waals surface area (Å²) in [6.45, 7) is 5.05. The Hall–Kier alpha value is -2.21. The second-order valence-electron chi connectivity index (χ2n) is 4.88. The molecule has 0 aliphatic heterocycles. The third-order valence-corrected chi connectivity index (χ3v) is 3.19. The van der Waals surface area contributed by atoms with Crippen molar-refractivity contribution >= 4 is 5.91 Å². The summed E-state index contributed by atoms with van der Waals surface area (Å²) < 4.78 is 0. The maximum Gasteiger partial charge on any atom is 0.236 e. The van der Waals surface area contributed by atoms with Crippen LogP contribution in [0.15, 0.2) is 30.3 Å². The fourth-order valence-corrected chi connectivity index (χ4v) is 1.95. The van der Waals surface area contributed by atoms with Crippen LogP contribution in [0.5, 0.6) is 0 Å². The number of aromatic nitrogens is 3. The van der Waals surface area contributed by atoms with Crippen molar-refractivity contribution in [2.75, 3.05) is 6.54 Å². The molecule has 1 aromatic carbocycles. The first-order chi connectivity index (χ1) is 10.2. The summed E-state index contributed by atoms with van der Waals surface area (Å²) >= 11 is 0. The first-order valence-corrected chi connectivity index (χ1v) is 7.18. The molecule has 0 aliphatic rings. The number of H-pyrrole nitrogens is 1. The topological polar surface area (TPSA) is 82.7 Å². The highest BCUT2D eigenvalue weighted by Gasteiger charge is 2.14. The van der Waals surface area contributed by atoms with Gasteiger partial charge in [0.15, 0.2) is 0 Å². The van der Waals surface area contributed by atoms with Gasteiger partial charge in [-0.15, -0.1) is 0 Å². The number of aromatic amines is 1. The predicted octanol–water partition coefficient (Wildman–Crippen LogP) is 1.48. The number of hydrogen-bond acceptors (Lipinski definition) is 4. The van der Waals surface area contributed by atoms with Crippen molar-refractivity contribution in [3.8, 4) is 11.3 Å². The Kier molecular flexibility index (Phi) is 5.45. The molecule has 1 atom stereocenters. The van der Waals surface area contributed by atoms with Crippen LogP contribution in [0.2, 0.25) is 0 Å². The zero-order chi connectivity index (χ0) is 15.1. The van der Waals surface area contributed by atoms with E-state index in [0.29, 0.717) is 13.1 Å². The van der Waals surface area contributed by atoms with Gasteiger partial charge in [0.1, 0.15) is 11.4 Å². The van der Waals surface area contributed by atoms with Gasteiger partial charge in [0.05, 0.1) is 6.04 Å². The van der Waals surface area contributed by atoms with Gasteiger partial charge < -0.3 is 10.6 Å². The molecule has 0 bridgehead atoms. The van der Waals surface area contributed by atoms with Crippen LogP contribution >= 0.6 is 0 Å². The van der Waals surface area contributed by atoms with Crippen molar-refractivity contribution in [3.05, 3.63) is 36.0 Å². The van der Waals surface area contributed by atoms with Gasteiger partial charge in [0, 0.05) is 18.7 Å². The van der Waals surface area contributed by atoms with Gasteiger partial charge in [-0.05, 0) is 13.3 Å². The predicted molar refractivity (Wildman–Crippen MR) is 81.4 cm³/mol. The number of benzene rings is 1. The van der Waals surface area contributed by atoms with Gasteiger partial charge >= 0.3 is 0 Å². The lowest BCUT2D eigenvalue weighted by Crippen LogP contribution is -2.42. The lowest BCUT2D eigenvalue weighted by atomic mass is 10.1. The summed E-state index contributed by atoms with van der Waals surface area (Å²) in [7, 11) is 0. The highest BCUT2D eigenvalue weighted by Crippen LogP contribution is 2.18. The van der Waals surface area contributed by atoms with Crippen LogP contribution in [-0.2, 0) is 11.3 Å². The number of hydrogen-bond donors (Lipinski definition) is 3. The standard InChI is InChI=1S/C15H21N5O/c1-3-9-16-15(21)11(2)17-10-13-14(19-20-18-13)12-7-5-4-6-8-12/h4-8,11,17H,3,9-10H2,1-2H3,(H,16,21)(H,18,19,20). The largest absolute Gasteiger partial charge is 0.355 e. The number of nitrogens with one attached hydrogen (secondary N) is 3. The van der Waals surface area contributed by atoms with E-state index in [9.17, 15) is 4.79 Å². The van der Waals surface area contributed by atoms with E-state index in [2.05, 4.69) is 26.0 Å². The van der Waals surface area contributed by atoms with Crippen LogP contribution in [-0.4, -0.2) is 33.9 Å². The molecule has 112 valence electrons. The Morgan fingerprint density at radius 1 is 1.29 bits per heavy atom. The first-order valence-electron chi connectivity index (χ1n) is 7.18. The molecule has 0 spiro atoms. The summed E-state index contributed by atoms with van der Waals surface area (Å²) in [4.78, 5) is 11.8. The van der Waals surface area contributed by atoms with Crippen LogP contribution in [0.1, 0.15) is 26.0 Å². The van der Waals surface area contributed by atoms with Gasteiger partial charge in [0.25, 0.3) is 0 Å². The first kappa shape index (κ1) is 15.2. The molecule has 0 fully saturated rings. The zero-order valence-corrected chi connectivity index (χ0v) is 12.4. The summed E-state index contributed by atoms with van der Waals surface area (Å²) in [6.07, 6.45) is 0.930. The number of nitrogens with zero attached hydrogens (tertiary/aromatic N) is 2. The van der Waals surface area contributed by atoms with Crippen molar-refractivity contribution < 1.29 is 4.79 Å².